The fourth-order valence-corrected chi connectivity index (χ4v) is 2.36. The van der Waals surface area contributed by atoms with Crippen LogP contribution < -0.4 is 0 Å². The van der Waals surface area contributed by atoms with Gasteiger partial charge in [-0.3, -0.25) is 0 Å². The summed E-state index contributed by atoms with van der Waals surface area (Å²) in [5.41, 5.74) is 3.08. The predicted octanol–water partition coefficient (Wildman–Crippen LogP) is 4.94. The summed E-state index contributed by atoms with van der Waals surface area (Å²) in [5.74, 6) is 1.11. The summed E-state index contributed by atoms with van der Waals surface area (Å²) in [4.78, 5) is 0. The zero-order valence-corrected chi connectivity index (χ0v) is 12.7. The first-order valence-corrected chi connectivity index (χ1v) is 6.93. The van der Waals surface area contributed by atoms with E-state index in [1.807, 2.05) is 33.8 Å². The van der Waals surface area contributed by atoms with E-state index in [-0.39, 0.29) is 5.41 Å². The molecule has 2 aromatic rings. The summed E-state index contributed by atoms with van der Waals surface area (Å²) in [7, 11) is 0. The molecule has 0 radical (unpaired) electrons. The Balaban J connectivity index is 2.63. The number of aliphatic hydroxyl groups excluding tert-OH is 1. The Kier molecular flexibility index (Phi) is 3.48. The summed E-state index contributed by atoms with van der Waals surface area (Å²) in [6.07, 6.45) is -0.584. The maximum Gasteiger partial charge on any atom is 0.137 e. The van der Waals surface area contributed by atoms with Crippen LogP contribution in [0.15, 0.2) is 22.6 Å². The molecule has 0 bridgehead atoms. The molecule has 1 unspecified atom stereocenters. The van der Waals surface area contributed by atoms with Crippen molar-refractivity contribution in [2.45, 2.75) is 53.6 Å². The fourth-order valence-electron chi connectivity index (χ4n) is 2.36. The number of fused-ring (bicyclic) bond motifs is 1. The largest absolute Gasteiger partial charge is 0.458 e. The molecule has 2 nitrogen and oxygen atoms in total. The van der Waals surface area contributed by atoms with Crippen LogP contribution in [0.4, 0.5) is 0 Å². The van der Waals surface area contributed by atoms with Crippen molar-refractivity contribution in [3.8, 4) is 0 Å². The maximum absolute atomic E-state index is 10.4. The van der Waals surface area contributed by atoms with E-state index in [9.17, 15) is 5.11 Å². The first-order valence-electron chi connectivity index (χ1n) is 6.93. The van der Waals surface area contributed by atoms with E-state index >= 15 is 0 Å². The molecule has 0 fully saturated rings. The topological polar surface area (TPSA) is 33.4 Å². The second-order valence-corrected chi connectivity index (χ2v) is 6.79. The molecule has 0 aliphatic heterocycles. The molecule has 19 heavy (non-hydrogen) atoms. The Morgan fingerprint density at radius 3 is 2.32 bits per heavy atom. The number of benzene rings is 1. The molecule has 0 amide bonds. The average Bonchev–Trinajstić information content (AvgIpc) is 2.72. The first kappa shape index (κ1) is 14.1. The molecular weight excluding hydrogens is 236 g/mol. The van der Waals surface area contributed by atoms with E-state index in [1.54, 1.807) is 0 Å². The van der Waals surface area contributed by atoms with Crippen LogP contribution in [0.5, 0.6) is 0 Å². The van der Waals surface area contributed by atoms with E-state index in [1.165, 1.54) is 5.56 Å². The van der Waals surface area contributed by atoms with Crippen molar-refractivity contribution >= 4 is 11.0 Å². The molecule has 1 aromatic heterocycles. The molecule has 0 saturated carbocycles. The number of hydrogen-bond donors (Lipinski definition) is 1. The molecule has 2 rings (SSSR count). The number of aliphatic hydroxyl groups is 1. The molecule has 2 heteroatoms. The molecule has 0 aliphatic rings. The minimum Gasteiger partial charge on any atom is -0.458 e. The smallest absolute Gasteiger partial charge is 0.137 e. The van der Waals surface area contributed by atoms with Gasteiger partial charge in [-0.2, -0.15) is 0 Å². The van der Waals surface area contributed by atoms with E-state index in [0.29, 0.717) is 11.7 Å². The van der Waals surface area contributed by atoms with Crippen molar-refractivity contribution in [1.29, 1.82) is 0 Å². The van der Waals surface area contributed by atoms with Crippen LogP contribution in [-0.2, 0) is 0 Å². The summed E-state index contributed by atoms with van der Waals surface area (Å²) in [5, 5.41) is 11.5. The molecule has 0 aliphatic carbocycles. The highest BCUT2D eigenvalue weighted by Crippen LogP contribution is 2.38. The van der Waals surface area contributed by atoms with Crippen LogP contribution in [0, 0.1) is 12.3 Å². The number of rotatable bonds is 2. The zero-order valence-electron chi connectivity index (χ0n) is 12.7. The van der Waals surface area contributed by atoms with E-state index in [0.717, 1.165) is 16.5 Å². The lowest BCUT2D eigenvalue weighted by molar-refractivity contribution is 0.0448. The van der Waals surface area contributed by atoms with Gasteiger partial charge in [-0.05, 0) is 35.4 Å². The molecule has 104 valence electrons. The quantitative estimate of drug-likeness (QED) is 0.829. The predicted molar refractivity (Wildman–Crippen MR) is 79.5 cm³/mol. The van der Waals surface area contributed by atoms with E-state index in [2.05, 4.69) is 26.0 Å². The molecule has 1 aromatic carbocycles. The van der Waals surface area contributed by atoms with E-state index < -0.39 is 6.10 Å². The monoisotopic (exact) mass is 260 g/mol. The van der Waals surface area contributed by atoms with Crippen LogP contribution in [0.25, 0.3) is 11.0 Å². The normalized spacial score (nSPS) is 14.3. The fraction of sp³-hybridized carbons (Fsp3) is 0.529. The number of hydrogen-bond acceptors (Lipinski definition) is 2. The molecule has 1 N–H and O–H groups in total. The lowest BCUT2D eigenvalue weighted by atomic mass is 9.87. The van der Waals surface area contributed by atoms with Crippen molar-refractivity contribution < 1.29 is 9.52 Å². The third kappa shape index (κ3) is 2.55. The number of aryl methyl sites for hydroxylation is 1. The van der Waals surface area contributed by atoms with Crippen LogP contribution in [0.3, 0.4) is 0 Å². The SMILES string of the molecule is Cc1ccc(C(C)C)c2cc(C(O)C(C)(C)C)oc12. The third-order valence-electron chi connectivity index (χ3n) is 3.65. The maximum atomic E-state index is 10.4. The summed E-state index contributed by atoms with van der Waals surface area (Å²) in [6, 6.07) is 6.26. The Labute approximate surface area is 115 Å². The summed E-state index contributed by atoms with van der Waals surface area (Å²) in [6.45, 7) is 12.4. The van der Waals surface area contributed by atoms with Gasteiger partial charge in [-0.25, -0.2) is 0 Å². The molecule has 0 spiro atoms. The lowest BCUT2D eigenvalue weighted by Gasteiger charge is -2.23. The van der Waals surface area contributed by atoms with Gasteiger partial charge in [-0.15, -0.1) is 0 Å². The molecular formula is C17H24O2. The van der Waals surface area contributed by atoms with Gasteiger partial charge in [0.25, 0.3) is 0 Å². The van der Waals surface area contributed by atoms with Crippen LogP contribution >= 0.6 is 0 Å². The molecule has 0 saturated heterocycles. The lowest BCUT2D eigenvalue weighted by Crippen LogP contribution is -2.17. The minimum atomic E-state index is -0.584. The van der Waals surface area contributed by atoms with Crippen molar-refractivity contribution in [1.82, 2.24) is 0 Å². The Hall–Kier alpha value is -1.28. The summed E-state index contributed by atoms with van der Waals surface area (Å²) < 4.78 is 5.93. The van der Waals surface area contributed by atoms with Gasteiger partial charge in [-0.1, -0.05) is 46.8 Å². The van der Waals surface area contributed by atoms with Crippen molar-refractivity contribution in [2.75, 3.05) is 0 Å². The highest BCUT2D eigenvalue weighted by atomic mass is 16.4. The van der Waals surface area contributed by atoms with Crippen molar-refractivity contribution in [2.24, 2.45) is 5.41 Å². The van der Waals surface area contributed by atoms with E-state index in [4.69, 9.17) is 4.42 Å². The van der Waals surface area contributed by atoms with Crippen LogP contribution in [-0.4, -0.2) is 5.11 Å². The van der Waals surface area contributed by atoms with Crippen LogP contribution in [0.2, 0.25) is 0 Å². The third-order valence-corrected chi connectivity index (χ3v) is 3.65. The van der Waals surface area contributed by atoms with Gasteiger partial charge in [0.1, 0.15) is 17.4 Å². The number of furan rings is 1. The summed E-state index contributed by atoms with van der Waals surface area (Å²) >= 11 is 0. The highest BCUT2D eigenvalue weighted by Gasteiger charge is 2.27. The minimum absolute atomic E-state index is 0.222. The van der Waals surface area contributed by atoms with Gasteiger partial charge in [0.15, 0.2) is 0 Å². The first-order chi connectivity index (χ1) is 8.71. The Morgan fingerprint density at radius 1 is 1.16 bits per heavy atom. The van der Waals surface area contributed by atoms with Crippen LogP contribution in [0.1, 0.15) is 63.5 Å². The Morgan fingerprint density at radius 2 is 1.79 bits per heavy atom. The molecule has 1 heterocycles. The zero-order chi connectivity index (χ0) is 14.4. The van der Waals surface area contributed by atoms with Crippen molar-refractivity contribution in [3.63, 3.8) is 0 Å². The standard InChI is InChI=1S/C17H24O2/c1-10(2)12-8-7-11(3)15-13(12)9-14(19-15)16(18)17(4,5)6/h7-10,16,18H,1-6H3. The van der Waals surface area contributed by atoms with Gasteiger partial charge in [0.2, 0.25) is 0 Å². The van der Waals surface area contributed by atoms with Crippen molar-refractivity contribution in [3.05, 3.63) is 35.1 Å². The second-order valence-electron chi connectivity index (χ2n) is 6.79. The van der Waals surface area contributed by atoms with Gasteiger partial charge < -0.3 is 9.52 Å². The Bertz CT molecular complexity index is 585. The second kappa shape index (κ2) is 4.68. The highest BCUT2D eigenvalue weighted by molar-refractivity contribution is 5.85. The van der Waals surface area contributed by atoms with Gasteiger partial charge >= 0.3 is 0 Å². The average molecular weight is 260 g/mol. The molecule has 1 atom stereocenters. The van der Waals surface area contributed by atoms with Gasteiger partial charge in [0.05, 0.1) is 0 Å². The van der Waals surface area contributed by atoms with Gasteiger partial charge in [0, 0.05) is 5.39 Å².